The second-order valence-corrected chi connectivity index (χ2v) is 5.95. The van der Waals surface area contributed by atoms with Gasteiger partial charge in [0.2, 0.25) is 5.91 Å². The lowest BCUT2D eigenvalue weighted by Crippen LogP contribution is -2.16. The summed E-state index contributed by atoms with van der Waals surface area (Å²) in [6, 6.07) is 6.91. The molecule has 146 valence electrons. The first-order chi connectivity index (χ1) is 13.3. The van der Waals surface area contributed by atoms with E-state index in [1.54, 1.807) is 12.1 Å². The van der Waals surface area contributed by atoms with E-state index in [0.29, 0.717) is 11.3 Å². The van der Waals surface area contributed by atoms with Crippen molar-refractivity contribution in [2.45, 2.75) is 12.5 Å². The number of carboxylic acids is 1. The van der Waals surface area contributed by atoms with Gasteiger partial charge in [-0.15, -0.1) is 0 Å². The third kappa shape index (κ3) is 3.41. The number of carboxylic acid groups (broad SMARTS) is 1. The van der Waals surface area contributed by atoms with E-state index in [1.165, 1.54) is 26.4 Å². The van der Waals surface area contributed by atoms with Crippen LogP contribution < -0.4 is 14.8 Å². The van der Waals surface area contributed by atoms with Gasteiger partial charge < -0.3 is 29.7 Å². The van der Waals surface area contributed by atoms with Gasteiger partial charge in [-0.3, -0.25) is 4.79 Å². The van der Waals surface area contributed by atoms with E-state index in [-0.39, 0.29) is 29.0 Å². The molecule has 1 aliphatic heterocycles. The van der Waals surface area contributed by atoms with Gasteiger partial charge in [0.15, 0.2) is 11.5 Å². The first kappa shape index (κ1) is 19.0. The molecule has 1 heterocycles. The number of aromatic carboxylic acids is 1. The lowest BCUT2D eigenvalue weighted by atomic mass is 10.0. The Hall–Kier alpha value is -3.75. The molecule has 28 heavy (non-hydrogen) atoms. The van der Waals surface area contributed by atoms with E-state index in [0.717, 1.165) is 6.07 Å². The van der Waals surface area contributed by atoms with Gasteiger partial charge in [-0.1, -0.05) is 6.07 Å². The molecule has 1 amide bonds. The zero-order chi connectivity index (χ0) is 20.4. The molecule has 0 saturated heterocycles. The molecule has 3 N–H and O–H groups in total. The summed E-state index contributed by atoms with van der Waals surface area (Å²) in [5, 5.41) is 21.1. The summed E-state index contributed by atoms with van der Waals surface area (Å²) in [4.78, 5) is 35.7. The molecule has 2 aromatic carbocycles. The molecule has 0 bridgehead atoms. The van der Waals surface area contributed by atoms with Crippen molar-refractivity contribution in [3.05, 3.63) is 47.0 Å². The monoisotopic (exact) mass is 387 g/mol. The quantitative estimate of drug-likeness (QED) is 0.508. The van der Waals surface area contributed by atoms with Crippen molar-refractivity contribution in [1.82, 2.24) is 0 Å². The van der Waals surface area contributed by atoms with E-state index >= 15 is 0 Å². The molecule has 0 unspecified atom stereocenters. The maximum absolute atomic E-state index is 12.4. The molecule has 0 spiro atoms. The Labute approximate surface area is 159 Å². The topological polar surface area (TPSA) is 131 Å². The molecular formula is C19H17NO8. The highest BCUT2D eigenvalue weighted by Crippen LogP contribution is 2.43. The summed E-state index contributed by atoms with van der Waals surface area (Å²) in [7, 11) is 2.84. The molecule has 0 radical (unpaired) electrons. The molecule has 9 heteroatoms. The van der Waals surface area contributed by atoms with Crippen LogP contribution in [-0.4, -0.2) is 42.3 Å². The third-order valence-corrected chi connectivity index (χ3v) is 4.26. The molecule has 0 aromatic heterocycles. The summed E-state index contributed by atoms with van der Waals surface area (Å²) in [6.45, 7) is 0. The van der Waals surface area contributed by atoms with Crippen LogP contribution in [0.15, 0.2) is 30.3 Å². The van der Waals surface area contributed by atoms with Gasteiger partial charge in [0.25, 0.3) is 0 Å². The molecular weight excluding hydrogens is 370 g/mol. The molecule has 0 saturated carbocycles. The number of carbonyl (C=O) groups excluding carboxylic acids is 2. The number of phenols is 1. The Bertz CT molecular complexity index is 969. The van der Waals surface area contributed by atoms with Gasteiger partial charge >= 0.3 is 11.9 Å². The Balaban J connectivity index is 1.79. The number of anilines is 1. The lowest BCUT2D eigenvalue weighted by molar-refractivity contribution is -0.118. The number of methoxy groups -OCH3 is 2. The number of hydrogen-bond acceptors (Lipinski definition) is 7. The number of rotatable bonds is 6. The first-order valence-corrected chi connectivity index (χ1v) is 8.17. The molecule has 0 fully saturated rings. The van der Waals surface area contributed by atoms with Crippen molar-refractivity contribution in [1.29, 1.82) is 0 Å². The maximum atomic E-state index is 12.4. The standard InChI is InChI=1S/C19H17NO8/c1-26-13-6-4-10-14(28-19(25)16(10)17(13)27-2)8-15(22)20-9-3-5-12(21)11(7-9)18(23)24/h3-7,14,21H,8H2,1-2H3,(H,20,22)(H,23,24)/t14-/m0/s1. The Kier molecular flexibility index (Phi) is 5.08. The number of hydrogen-bond donors (Lipinski definition) is 3. The van der Waals surface area contributed by atoms with Crippen LogP contribution in [0, 0.1) is 0 Å². The van der Waals surface area contributed by atoms with Crippen molar-refractivity contribution in [3.8, 4) is 17.2 Å². The summed E-state index contributed by atoms with van der Waals surface area (Å²) in [6.07, 6.45) is -1.00. The van der Waals surface area contributed by atoms with Crippen molar-refractivity contribution in [2.24, 2.45) is 0 Å². The number of benzene rings is 2. The van der Waals surface area contributed by atoms with Crippen LogP contribution in [0.2, 0.25) is 0 Å². The second-order valence-electron chi connectivity index (χ2n) is 5.95. The van der Waals surface area contributed by atoms with Gasteiger partial charge in [-0.05, 0) is 24.3 Å². The van der Waals surface area contributed by atoms with Crippen LogP contribution in [0.4, 0.5) is 5.69 Å². The second kappa shape index (κ2) is 7.47. The molecule has 2 aromatic rings. The average molecular weight is 387 g/mol. The predicted octanol–water partition coefficient (Wildman–Crippen LogP) is 2.35. The van der Waals surface area contributed by atoms with Crippen molar-refractivity contribution < 1.29 is 38.8 Å². The van der Waals surface area contributed by atoms with Gasteiger partial charge in [-0.2, -0.15) is 0 Å². The fourth-order valence-electron chi connectivity index (χ4n) is 2.99. The summed E-state index contributed by atoms with van der Waals surface area (Å²) >= 11 is 0. The molecule has 3 rings (SSSR count). The number of ether oxygens (including phenoxy) is 3. The van der Waals surface area contributed by atoms with Gasteiger partial charge in [-0.25, -0.2) is 9.59 Å². The predicted molar refractivity (Wildman–Crippen MR) is 96.0 cm³/mol. The fraction of sp³-hybridized carbons (Fsp3) is 0.211. The molecule has 1 atom stereocenters. The van der Waals surface area contributed by atoms with E-state index in [2.05, 4.69) is 5.32 Å². The van der Waals surface area contributed by atoms with Crippen molar-refractivity contribution >= 4 is 23.5 Å². The largest absolute Gasteiger partial charge is 0.507 e. The Morgan fingerprint density at radius 3 is 2.57 bits per heavy atom. The molecule has 1 aliphatic rings. The number of amides is 1. The van der Waals surface area contributed by atoms with E-state index < -0.39 is 29.7 Å². The van der Waals surface area contributed by atoms with Crippen LogP contribution in [0.5, 0.6) is 17.2 Å². The van der Waals surface area contributed by atoms with Crippen LogP contribution in [0.25, 0.3) is 0 Å². The number of cyclic esters (lactones) is 1. The van der Waals surface area contributed by atoms with Crippen molar-refractivity contribution in [2.75, 3.05) is 19.5 Å². The minimum atomic E-state index is -1.33. The van der Waals surface area contributed by atoms with Crippen LogP contribution in [0.1, 0.15) is 38.8 Å². The third-order valence-electron chi connectivity index (χ3n) is 4.26. The molecule has 9 nitrogen and oxygen atoms in total. The summed E-state index contributed by atoms with van der Waals surface area (Å²) in [5.41, 5.74) is 0.552. The SMILES string of the molecule is COc1ccc2c(c1OC)C(=O)O[C@H]2CC(=O)Nc1ccc(O)c(C(=O)O)c1. The van der Waals surface area contributed by atoms with E-state index in [9.17, 15) is 19.5 Å². The Morgan fingerprint density at radius 1 is 1.18 bits per heavy atom. The van der Waals surface area contributed by atoms with E-state index in [4.69, 9.17) is 19.3 Å². The highest BCUT2D eigenvalue weighted by atomic mass is 16.6. The summed E-state index contributed by atoms with van der Waals surface area (Å²) in [5.74, 6) is -2.26. The minimum Gasteiger partial charge on any atom is -0.507 e. The highest BCUT2D eigenvalue weighted by Gasteiger charge is 2.36. The maximum Gasteiger partial charge on any atom is 0.343 e. The highest BCUT2D eigenvalue weighted by molar-refractivity contribution is 6.00. The number of carbonyl (C=O) groups is 3. The first-order valence-electron chi connectivity index (χ1n) is 8.17. The lowest BCUT2D eigenvalue weighted by Gasteiger charge is -2.13. The molecule has 0 aliphatic carbocycles. The van der Waals surface area contributed by atoms with Crippen molar-refractivity contribution in [3.63, 3.8) is 0 Å². The van der Waals surface area contributed by atoms with Gasteiger partial charge in [0.05, 0.1) is 20.6 Å². The zero-order valence-electron chi connectivity index (χ0n) is 15.0. The normalized spacial score (nSPS) is 14.8. The number of nitrogens with one attached hydrogen (secondary N) is 1. The summed E-state index contributed by atoms with van der Waals surface area (Å²) < 4.78 is 15.7. The van der Waals surface area contributed by atoms with Gasteiger partial charge in [0, 0.05) is 11.3 Å². The van der Waals surface area contributed by atoms with Gasteiger partial charge in [0.1, 0.15) is 23.0 Å². The smallest absolute Gasteiger partial charge is 0.343 e. The van der Waals surface area contributed by atoms with Crippen LogP contribution >= 0.6 is 0 Å². The van der Waals surface area contributed by atoms with Crippen LogP contribution in [0.3, 0.4) is 0 Å². The zero-order valence-corrected chi connectivity index (χ0v) is 15.0. The van der Waals surface area contributed by atoms with E-state index in [1.807, 2.05) is 0 Å². The fourth-order valence-corrected chi connectivity index (χ4v) is 2.99. The number of esters is 1. The average Bonchev–Trinajstić information content (AvgIpc) is 2.97. The minimum absolute atomic E-state index is 0.183. The number of aromatic hydroxyl groups is 1. The van der Waals surface area contributed by atoms with Crippen LogP contribution in [-0.2, 0) is 9.53 Å². The Morgan fingerprint density at radius 2 is 1.93 bits per heavy atom. The number of fused-ring (bicyclic) bond motifs is 1.